The number of rotatable bonds is 3. The summed E-state index contributed by atoms with van der Waals surface area (Å²) in [5.41, 5.74) is 1.98. The van der Waals surface area contributed by atoms with Gasteiger partial charge in [-0.05, 0) is 18.6 Å². The SMILES string of the molecule is COC1CC(Nc2cnc3ccccc3n2)C1(C)C. The highest BCUT2D eigenvalue weighted by Crippen LogP contribution is 2.43. The van der Waals surface area contributed by atoms with E-state index < -0.39 is 0 Å². The molecule has 0 amide bonds. The second kappa shape index (κ2) is 4.46. The molecule has 1 N–H and O–H groups in total. The second-order valence-electron chi connectivity index (χ2n) is 5.72. The Morgan fingerprint density at radius 1 is 1.26 bits per heavy atom. The summed E-state index contributed by atoms with van der Waals surface area (Å²) in [5, 5.41) is 3.47. The highest BCUT2D eigenvalue weighted by molar-refractivity contribution is 5.75. The topological polar surface area (TPSA) is 47.0 Å². The van der Waals surface area contributed by atoms with E-state index in [1.54, 1.807) is 13.3 Å². The first kappa shape index (κ1) is 12.4. The number of para-hydroxylation sites is 2. The summed E-state index contributed by atoms with van der Waals surface area (Å²) in [6, 6.07) is 8.29. The normalized spacial score (nSPS) is 25.0. The van der Waals surface area contributed by atoms with E-state index in [2.05, 4.69) is 29.1 Å². The van der Waals surface area contributed by atoms with Crippen molar-refractivity contribution in [3.05, 3.63) is 30.5 Å². The molecule has 1 aliphatic carbocycles. The van der Waals surface area contributed by atoms with Crippen LogP contribution < -0.4 is 5.32 Å². The van der Waals surface area contributed by atoms with Crippen molar-refractivity contribution in [1.82, 2.24) is 9.97 Å². The zero-order chi connectivity index (χ0) is 13.5. The van der Waals surface area contributed by atoms with Gasteiger partial charge in [0, 0.05) is 18.6 Å². The molecule has 1 aliphatic rings. The van der Waals surface area contributed by atoms with Crippen molar-refractivity contribution < 1.29 is 4.74 Å². The van der Waals surface area contributed by atoms with Crippen molar-refractivity contribution in [2.75, 3.05) is 12.4 Å². The number of benzene rings is 1. The molecule has 0 aliphatic heterocycles. The minimum absolute atomic E-state index is 0.127. The van der Waals surface area contributed by atoms with Crippen LogP contribution in [-0.4, -0.2) is 29.2 Å². The van der Waals surface area contributed by atoms with Gasteiger partial charge in [0.2, 0.25) is 0 Å². The van der Waals surface area contributed by atoms with Gasteiger partial charge >= 0.3 is 0 Å². The summed E-state index contributed by atoms with van der Waals surface area (Å²) in [5.74, 6) is 0.839. The van der Waals surface area contributed by atoms with Crippen LogP contribution in [0.4, 0.5) is 5.82 Å². The maximum Gasteiger partial charge on any atom is 0.145 e. The Bertz CT molecular complexity index is 597. The number of anilines is 1. The molecule has 0 spiro atoms. The van der Waals surface area contributed by atoms with E-state index in [1.807, 2.05) is 24.3 Å². The molecular weight excluding hydrogens is 238 g/mol. The van der Waals surface area contributed by atoms with Crippen LogP contribution in [0.3, 0.4) is 0 Å². The molecule has 100 valence electrons. The van der Waals surface area contributed by atoms with Crippen molar-refractivity contribution >= 4 is 16.9 Å². The van der Waals surface area contributed by atoms with Crippen molar-refractivity contribution in [2.24, 2.45) is 5.41 Å². The van der Waals surface area contributed by atoms with E-state index >= 15 is 0 Å². The predicted octanol–water partition coefficient (Wildman–Crippen LogP) is 2.86. The van der Waals surface area contributed by atoms with Gasteiger partial charge in [0.1, 0.15) is 5.82 Å². The van der Waals surface area contributed by atoms with Gasteiger partial charge in [0.15, 0.2) is 0 Å². The largest absolute Gasteiger partial charge is 0.381 e. The van der Waals surface area contributed by atoms with E-state index in [9.17, 15) is 0 Å². The third-order valence-corrected chi connectivity index (χ3v) is 4.23. The fourth-order valence-corrected chi connectivity index (χ4v) is 2.74. The molecule has 0 saturated heterocycles. The van der Waals surface area contributed by atoms with Gasteiger partial charge in [-0.3, -0.25) is 4.98 Å². The highest BCUT2D eigenvalue weighted by Gasteiger charge is 2.48. The summed E-state index contributed by atoms with van der Waals surface area (Å²) in [6.45, 7) is 4.44. The monoisotopic (exact) mass is 257 g/mol. The van der Waals surface area contributed by atoms with Gasteiger partial charge < -0.3 is 10.1 Å². The number of fused-ring (bicyclic) bond motifs is 1. The number of methoxy groups -OCH3 is 1. The maximum absolute atomic E-state index is 5.46. The standard InChI is InChI=1S/C15H19N3O/c1-15(2)12(8-13(15)19-3)18-14-9-16-10-6-4-5-7-11(10)17-14/h4-7,9,12-13H,8H2,1-3H3,(H,17,18). The molecule has 1 saturated carbocycles. The molecule has 19 heavy (non-hydrogen) atoms. The predicted molar refractivity (Wildman–Crippen MR) is 76.1 cm³/mol. The molecule has 1 heterocycles. The number of nitrogens with zero attached hydrogens (tertiary/aromatic N) is 2. The lowest BCUT2D eigenvalue weighted by Crippen LogP contribution is -2.57. The van der Waals surface area contributed by atoms with E-state index in [0.717, 1.165) is 23.3 Å². The Kier molecular flexibility index (Phi) is 2.90. The van der Waals surface area contributed by atoms with Crippen molar-refractivity contribution in [3.8, 4) is 0 Å². The quantitative estimate of drug-likeness (QED) is 0.918. The molecule has 3 rings (SSSR count). The number of ether oxygens (including phenoxy) is 1. The van der Waals surface area contributed by atoms with Gasteiger partial charge in [-0.1, -0.05) is 26.0 Å². The average molecular weight is 257 g/mol. The Morgan fingerprint density at radius 3 is 2.68 bits per heavy atom. The first-order chi connectivity index (χ1) is 9.11. The van der Waals surface area contributed by atoms with Crippen LogP contribution in [0, 0.1) is 5.41 Å². The second-order valence-corrected chi connectivity index (χ2v) is 5.72. The molecule has 2 unspecified atom stereocenters. The molecule has 2 atom stereocenters. The Hall–Kier alpha value is -1.68. The van der Waals surface area contributed by atoms with Gasteiger partial charge in [-0.25, -0.2) is 4.98 Å². The van der Waals surface area contributed by atoms with E-state index in [1.165, 1.54) is 0 Å². The molecule has 0 bridgehead atoms. The fourth-order valence-electron chi connectivity index (χ4n) is 2.74. The lowest BCUT2D eigenvalue weighted by atomic mass is 9.64. The van der Waals surface area contributed by atoms with E-state index in [4.69, 9.17) is 4.74 Å². The molecule has 1 fully saturated rings. The lowest BCUT2D eigenvalue weighted by Gasteiger charge is -2.51. The average Bonchev–Trinajstić information content (AvgIpc) is 2.42. The zero-order valence-corrected chi connectivity index (χ0v) is 11.6. The minimum Gasteiger partial charge on any atom is -0.381 e. The third kappa shape index (κ3) is 2.06. The Morgan fingerprint density at radius 2 is 2.00 bits per heavy atom. The zero-order valence-electron chi connectivity index (χ0n) is 11.6. The van der Waals surface area contributed by atoms with Gasteiger partial charge in [-0.2, -0.15) is 0 Å². The first-order valence-corrected chi connectivity index (χ1v) is 6.62. The summed E-state index contributed by atoms with van der Waals surface area (Å²) in [4.78, 5) is 9.02. The molecule has 0 radical (unpaired) electrons. The maximum atomic E-state index is 5.46. The lowest BCUT2D eigenvalue weighted by molar-refractivity contribution is -0.0795. The van der Waals surface area contributed by atoms with E-state index in [-0.39, 0.29) is 5.41 Å². The third-order valence-electron chi connectivity index (χ3n) is 4.23. The van der Waals surface area contributed by atoms with Crippen molar-refractivity contribution in [1.29, 1.82) is 0 Å². The number of hydrogen-bond acceptors (Lipinski definition) is 4. The summed E-state index contributed by atoms with van der Waals surface area (Å²) in [6.07, 6.45) is 3.13. The molecular formula is C15H19N3O. The smallest absolute Gasteiger partial charge is 0.145 e. The molecule has 1 aromatic carbocycles. The van der Waals surface area contributed by atoms with Crippen LogP contribution in [0.1, 0.15) is 20.3 Å². The number of hydrogen-bond donors (Lipinski definition) is 1. The minimum atomic E-state index is 0.127. The Labute approximate surface area is 113 Å². The molecule has 1 aromatic heterocycles. The Balaban J connectivity index is 1.79. The highest BCUT2D eigenvalue weighted by atomic mass is 16.5. The fraction of sp³-hybridized carbons (Fsp3) is 0.467. The molecule has 4 heteroatoms. The molecule has 2 aromatic rings. The van der Waals surface area contributed by atoms with E-state index in [0.29, 0.717) is 12.1 Å². The summed E-state index contributed by atoms with van der Waals surface area (Å²) >= 11 is 0. The number of nitrogens with one attached hydrogen (secondary N) is 1. The molecule has 4 nitrogen and oxygen atoms in total. The number of aromatic nitrogens is 2. The van der Waals surface area contributed by atoms with Crippen molar-refractivity contribution in [2.45, 2.75) is 32.4 Å². The van der Waals surface area contributed by atoms with Gasteiger partial charge in [0.05, 0.1) is 23.3 Å². The van der Waals surface area contributed by atoms with Crippen molar-refractivity contribution in [3.63, 3.8) is 0 Å². The van der Waals surface area contributed by atoms with Gasteiger partial charge in [0.25, 0.3) is 0 Å². The van der Waals surface area contributed by atoms with Crippen LogP contribution in [0.25, 0.3) is 11.0 Å². The summed E-state index contributed by atoms with van der Waals surface area (Å²) in [7, 11) is 1.78. The van der Waals surface area contributed by atoms with Crippen LogP contribution in [-0.2, 0) is 4.74 Å². The van der Waals surface area contributed by atoms with Crippen LogP contribution in [0.15, 0.2) is 30.5 Å². The van der Waals surface area contributed by atoms with Crippen LogP contribution >= 0.6 is 0 Å². The van der Waals surface area contributed by atoms with Gasteiger partial charge in [-0.15, -0.1) is 0 Å². The first-order valence-electron chi connectivity index (χ1n) is 6.62. The van der Waals surface area contributed by atoms with Crippen LogP contribution in [0.2, 0.25) is 0 Å². The summed E-state index contributed by atoms with van der Waals surface area (Å²) < 4.78 is 5.46. The van der Waals surface area contributed by atoms with Crippen LogP contribution in [0.5, 0.6) is 0 Å².